The zero-order valence-corrected chi connectivity index (χ0v) is 11.7. The smallest absolute Gasteiger partial charge is 0.237 e. The molecule has 2 aliphatic rings. The third kappa shape index (κ3) is 1.94. The fraction of sp³-hybridized carbons (Fsp3) is 0.600. The summed E-state index contributed by atoms with van der Waals surface area (Å²) >= 11 is 0. The molecule has 1 aromatic rings. The second-order valence-corrected chi connectivity index (χ2v) is 5.76. The van der Waals surface area contributed by atoms with Gasteiger partial charge < -0.3 is 10.2 Å². The molecular weight excluding hydrogens is 238 g/mol. The summed E-state index contributed by atoms with van der Waals surface area (Å²) in [7, 11) is 0. The molecule has 0 bridgehead atoms. The molecule has 0 unspecified atom stereocenters. The Morgan fingerprint density at radius 3 is 3.11 bits per heavy atom. The van der Waals surface area contributed by atoms with Gasteiger partial charge in [-0.15, -0.1) is 0 Å². The molecule has 2 aliphatic heterocycles. The Balaban J connectivity index is 1.97. The van der Waals surface area contributed by atoms with E-state index in [0.717, 1.165) is 56.0 Å². The molecule has 1 atom stereocenters. The Bertz CT molecular complexity index is 512. The molecule has 3 heterocycles. The lowest BCUT2D eigenvalue weighted by molar-refractivity contribution is -0.122. The van der Waals surface area contributed by atoms with Crippen molar-refractivity contribution in [1.82, 2.24) is 9.88 Å². The van der Waals surface area contributed by atoms with Crippen molar-refractivity contribution in [1.29, 1.82) is 0 Å². The van der Waals surface area contributed by atoms with Gasteiger partial charge in [-0.1, -0.05) is 13.0 Å². The topological polar surface area (TPSA) is 45.2 Å². The molecule has 1 amide bonds. The molecule has 1 spiro atoms. The van der Waals surface area contributed by atoms with Crippen LogP contribution in [-0.4, -0.2) is 35.4 Å². The highest BCUT2D eigenvalue weighted by molar-refractivity contribution is 6.05. The number of amides is 1. The van der Waals surface area contributed by atoms with Crippen LogP contribution in [0.3, 0.4) is 0 Å². The number of aryl methyl sites for hydroxylation is 1. The Hall–Kier alpha value is -1.42. The fourth-order valence-electron chi connectivity index (χ4n) is 3.44. The van der Waals surface area contributed by atoms with Crippen LogP contribution in [0, 0.1) is 6.92 Å². The van der Waals surface area contributed by atoms with E-state index in [4.69, 9.17) is 0 Å². The maximum Gasteiger partial charge on any atom is 0.237 e. The first-order valence-electron chi connectivity index (χ1n) is 7.17. The number of hydrogen-bond donors (Lipinski definition) is 1. The molecule has 1 N–H and O–H groups in total. The second kappa shape index (κ2) is 4.60. The van der Waals surface area contributed by atoms with Crippen molar-refractivity contribution in [2.24, 2.45) is 0 Å². The van der Waals surface area contributed by atoms with E-state index >= 15 is 0 Å². The van der Waals surface area contributed by atoms with Crippen LogP contribution >= 0.6 is 0 Å². The van der Waals surface area contributed by atoms with Crippen molar-refractivity contribution in [3.05, 3.63) is 23.4 Å². The van der Waals surface area contributed by atoms with Gasteiger partial charge in [-0.2, -0.15) is 0 Å². The first kappa shape index (κ1) is 12.6. The van der Waals surface area contributed by atoms with Gasteiger partial charge >= 0.3 is 0 Å². The highest BCUT2D eigenvalue weighted by atomic mass is 16.2. The van der Waals surface area contributed by atoms with Gasteiger partial charge in [-0.05, 0) is 45.3 Å². The van der Waals surface area contributed by atoms with E-state index in [2.05, 4.69) is 28.2 Å². The zero-order chi connectivity index (χ0) is 13.5. The Kier molecular flexibility index (Phi) is 3.05. The molecular formula is C15H21N3O. The monoisotopic (exact) mass is 259 g/mol. The summed E-state index contributed by atoms with van der Waals surface area (Å²) in [5.74, 6) is 0.921. The average Bonchev–Trinajstić information content (AvgIpc) is 2.62. The zero-order valence-electron chi connectivity index (χ0n) is 11.7. The number of likely N-dealkylation sites (tertiary alicyclic amines) is 1. The number of nitrogens with zero attached hydrogens (tertiary/aromatic N) is 2. The minimum Gasteiger partial charge on any atom is -0.310 e. The molecule has 1 fully saturated rings. The van der Waals surface area contributed by atoms with Gasteiger partial charge in [0.25, 0.3) is 0 Å². The van der Waals surface area contributed by atoms with Gasteiger partial charge in [-0.3, -0.25) is 4.79 Å². The molecule has 0 saturated carbocycles. The third-order valence-electron chi connectivity index (χ3n) is 4.33. The normalized spacial score (nSPS) is 26.5. The van der Waals surface area contributed by atoms with E-state index in [1.807, 2.05) is 13.0 Å². The summed E-state index contributed by atoms with van der Waals surface area (Å²) < 4.78 is 0. The van der Waals surface area contributed by atoms with Crippen molar-refractivity contribution in [3.8, 4) is 0 Å². The van der Waals surface area contributed by atoms with Crippen molar-refractivity contribution in [3.63, 3.8) is 0 Å². The van der Waals surface area contributed by atoms with Crippen LogP contribution in [0.25, 0.3) is 0 Å². The van der Waals surface area contributed by atoms with Gasteiger partial charge in [0.05, 0.1) is 5.41 Å². The predicted molar refractivity (Wildman–Crippen MR) is 75.2 cm³/mol. The first-order valence-corrected chi connectivity index (χ1v) is 7.17. The van der Waals surface area contributed by atoms with Crippen LogP contribution in [0.15, 0.2) is 12.1 Å². The number of hydrogen-bond acceptors (Lipinski definition) is 3. The second-order valence-electron chi connectivity index (χ2n) is 5.76. The van der Waals surface area contributed by atoms with Crippen LogP contribution in [0.5, 0.6) is 0 Å². The molecule has 4 heteroatoms. The largest absolute Gasteiger partial charge is 0.310 e. The molecule has 3 rings (SSSR count). The number of carbonyl (C=O) groups is 1. The Labute approximate surface area is 114 Å². The maximum atomic E-state index is 12.5. The number of aromatic nitrogens is 1. The Morgan fingerprint density at radius 2 is 2.32 bits per heavy atom. The lowest BCUT2D eigenvalue weighted by Gasteiger charge is -2.38. The lowest BCUT2D eigenvalue weighted by atomic mass is 9.75. The first-order chi connectivity index (χ1) is 9.15. The predicted octanol–water partition coefficient (Wildman–Crippen LogP) is 2.09. The standard InChI is InChI=1S/C15H21N3O/c1-3-8-18-9-4-7-15(10-18)12-6-5-11(2)16-13(12)17-14(15)19/h5-6H,3-4,7-10H2,1-2H3,(H,16,17,19)/t15-/m1/s1. The summed E-state index contributed by atoms with van der Waals surface area (Å²) in [6.07, 6.45) is 3.16. The summed E-state index contributed by atoms with van der Waals surface area (Å²) in [4.78, 5) is 19.4. The van der Waals surface area contributed by atoms with Gasteiger partial charge in [-0.25, -0.2) is 4.98 Å². The van der Waals surface area contributed by atoms with Gasteiger partial charge in [0.2, 0.25) is 5.91 Å². The Morgan fingerprint density at radius 1 is 1.47 bits per heavy atom. The van der Waals surface area contributed by atoms with Gasteiger partial charge in [0, 0.05) is 17.8 Å². The molecule has 0 radical (unpaired) electrons. The minimum atomic E-state index is -0.358. The number of rotatable bonds is 2. The van der Waals surface area contributed by atoms with E-state index < -0.39 is 0 Å². The SMILES string of the molecule is CCCN1CCC[C@]2(C1)C(=O)Nc1nc(C)ccc12. The maximum absolute atomic E-state index is 12.5. The fourth-order valence-corrected chi connectivity index (χ4v) is 3.44. The number of carbonyl (C=O) groups excluding carboxylic acids is 1. The molecule has 19 heavy (non-hydrogen) atoms. The van der Waals surface area contributed by atoms with E-state index in [0.29, 0.717) is 0 Å². The van der Waals surface area contributed by atoms with Crippen molar-refractivity contribution < 1.29 is 4.79 Å². The van der Waals surface area contributed by atoms with Crippen LogP contribution < -0.4 is 5.32 Å². The lowest BCUT2D eigenvalue weighted by Crippen LogP contribution is -2.50. The molecule has 0 aromatic carbocycles. The van der Waals surface area contributed by atoms with Crippen molar-refractivity contribution in [2.45, 2.75) is 38.5 Å². The summed E-state index contributed by atoms with van der Waals surface area (Å²) in [6.45, 7) is 7.17. The van der Waals surface area contributed by atoms with E-state index in [1.54, 1.807) is 0 Å². The number of piperidine rings is 1. The van der Waals surface area contributed by atoms with E-state index in [-0.39, 0.29) is 11.3 Å². The molecule has 102 valence electrons. The minimum absolute atomic E-state index is 0.140. The average molecular weight is 259 g/mol. The summed E-state index contributed by atoms with van der Waals surface area (Å²) in [5.41, 5.74) is 1.70. The highest BCUT2D eigenvalue weighted by Gasteiger charge is 2.49. The quantitative estimate of drug-likeness (QED) is 0.884. The van der Waals surface area contributed by atoms with Crippen molar-refractivity contribution in [2.75, 3.05) is 25.0 Å². The molecule has 4 nitrogen and oxygen atoms in total. The number of anilines is 1. The van der Waals surface area contributed by atoms with Gasteiger partial charge in [0.1, 0.15) is 5.82 Å². The number of pyridine rings is 1. The van der Waals surface area contributed by atoms with Gasteiger partial charge in [0.15, 0.2) is 0 Å². The van der Waals surface area contributed by atoms with E-state index in [1.165, 1.54) is 0 Å². The highest BCUT2D eigenvalue weighted by Crippen LogP contribution is 2.42. The van der Waals surface area contributed by atoms with Crippen LogP contribution in [0.1, 0.15) is 37.4 Å². The number of fused-ring (bicyclic) bond motifs is 2. The summed E-state index contributed by atoms with van der Waals surface area (Å²) in [6, 6.07) is 4.10. The molecule has 1 saturated heterocycles. The van der Waals surface area contributed by atoms with Crippen LogP contribution in [0.2, 0.25) is 0 Å². The van der Waals surface area contributed by atoms with Crippen LogP contribution in [0.4, 0.5) is 5.82 Å². The van der Waals surface area contributed by atoms with E-state index in [9.17, 15) is 4.79 Å². The summed E-state index contributed by atoms with van der Waals surface area (Å²) in [5, 5.41) is 2.98. The molecule has 0 aliphatic carbocycles. The van der Waals surface area contributed by atoms with Crippen LogP contribution in [-0.2, 0) is 10.2 Å². The molecule has 1 aromatic heterocycles. The van der Waals surface area contributed by atoms with Crippen molar-refractivity contribution >= 4 is 11.7 Å². The number of nitrogens with one attached hydrogen (secondary N) is 1. The third-order valence-corrected chi connectivity index (χ3v) is 4.33.